The van der Waals surface area contributed by atoms with Crippen LogP contribution in [0.1, 0.15) is 43.2 Å². The number of likely N-dealkylation sites (tertiary alicyclic amines) is 1. The Balaban J connectivity index is 1.29. The van der Waals surface area contributed by atoms with Crippen molar-refractivity contribution in [2.24, 2.45) is 0 Å². The van der Waals surface area contributed by atoms with Gasteiger partial charge in [-0.1, -0.05) is 49.2 Å². The van der Waals surface area contributed by atoms with Gasteiger partial charge in [0.1, 0.15) is 11.9 Å². The van der Waals surface area contributed by atoms with E-state index in [1.807, 2.05) is 30.3 Å². The Morgan fingerprint density at radius 1 is 1.00 bits per heavy atom. The first-order chi connectivity index (χ1) is 15.4. The Morgan fingerprint density at radius 2 is 1.75 bits per heavy atom. The van der Waals surface area contributed by atoms with Crippen molar-refractivity contribution in [2.45, 2.75) is 49.7 Å². The zero-order chi connectivity index (χ0) is 22.9. The molecule has 2 amide bonds. The molecule has 1 heterocycles. The maximum atomic E-state index is 13.2. The summed E-state index contributed by atoms with van der Waals surface area (Å²) in [4.78, 5) is 25.5. The van der Waals surface area contributed by atoms with E-state index in [2.05, 4.69) is 5.32 Å². The molecular weight excluding hydrogens is 434 g/mol. The number of unbranched alkanes of at least 4 members (excludes halogenated alkanes) is 3. The molecule has 3 rings (SSSR count). The van der Waals surface area contributed by atoms with Gasteiger partial charge in [0.25, 0.3) is 0 Å². The summed E-state index contributed by atoms with van der Waals surface area (Å²) in [6.07, 6.45) is 4.36. The van der Waals surface area contributed by atoms with Crippen LogP contribution in [-0.4, -0.2) is 39.4 Å². The molecule has 1 fully saturated rings. The Bertz CT molecular complexity index is 956. The highest BCUT2D eigenvalue weighted by molar-refractivity contribution is 7.85. The van der Waals surface area contributed by atoms with E-state index in [0.29, 0.717) is 18.7 Å². The SMILES string of the molecule is O=C(CN1C(=O)CC1S(=O)Cc1ccccc1)NCCCCCCc1ccc(F)c(F)c1. The van der Waals surface area contributed by atoms with Gasteiger partial charge in [-0.15, -0.1) is 0 Å². The summed E-state index contributed by atoms with van der Waals surface area (Å²) < 4.78 is 38.7. The summed E-state index contributed by atoms with van der Waals surface area (Å²) in [5.41, 5.74) is 1.72. The molecule has 2 atom stereocenters. The van der Waals surface area contributed by atoms with E-state index in [1.54, 1.807) is 6.07 Å². The van der Waals surface area contributed by atoms with Gasteiger partial charge in [-0.2, -0.15) is 0 Å². The number of carbonyl (C=O) groups excluding carboxylic acids is 2. The molecule has 2 unspecified atom stereocenters. The highest BCUT2D eigenvalue weighted by Crippen LogP contribution is 2.24. The molecule has 1 aliphatic heterocycles. The minimum absolute atomic E-state index is 0.0693. The fraction of sp³-hybridized carbons (Fsp3) is 0.417. The number of amides is 2. The summed E-state index contributed by atoms with van der Waals surface area (Å²) in [6.45, 7) is 0.434. The van der Waals surface area contributed by atoms with Gasteiger partial charge in [0.2, 0.25) is 11.8 Å². The lowest BCUT2D eigenvalue weighted by Gasteiger charge is -2.39. The van der Waals surface area contributed by atoms with Crippen LogP contribution in [0.25, 0.3) is 0 Å². The molecule has 8 heteroatoms. The molecule has 1 N–H and O–H groups in total. The molecule has 172 valence electrons. The van der Waals surface area contributed by atoms with Crippen LogP contribution in [0.5, 0.6) is 0 Å². The molecule has 1 aliphatic rings. The molecule has 5 nitrogen and oxygen atoms in total. The third kappa shape index (κ3) is 6.95. The molecule has 0 aromatic heterocycles. The van der Waals surface area contributed by atoms with E-state index >= 15 is 0 Å². The van der Waals surface area contributed by atoms with E-state index in [-0.39, 0.29) is 24.8 Å². The zero-order valence-electron chi connectivity index (χ0n) is 17.9. The molecule has 0 bridgehead atoms. The van der Waals surface area contributed by atoms with Crippen molar-refractivity contribution in [3.8, 4) is 0 Å². The van der Waals surface area contributed by atoms with E-state index in [0.717, 1.165) is 42.9 Å². The second kappa shape index (κ2) is 11.9. The van der Waals surface area contributed by atoms with Crippen LogP contribution in [0.4, 0.5) is 8.78 Å². The third-order valence-corrected chi connectivity index (χ3v) is 7.13. The van der Waals surface area contributed by atoms with E-state index in [1.165, 1.54) is 11.0 Å². The predicted molar refractivity (Wildman–Crippen MR) is 120 cm³/mol. The Kier molecular flexibility index (Phi) is 8.90. The van der Waals surface area contributed by atoms with Crippen LogP contribution in [0, 0.1) is 11.6 Å². The van der Waals surface area contributed by atoms with Crippen molar-refractivity contribution in [3.63, 3.8) is 0 Å². The van der Waals surface area contributed by atoms with Crippen molar-refractivity contribution in [2.75, 3.05) is 13.1 Å². The minimum atomic E-state index is -1.25. The number of benzene rings is 2. The lowest BCUT2D eigenvalue weighted by molar-refractivity contribution is -0.145. The van der Waals surface area contributed by atoms with Crippen LogP contribution in [0.2, 0.25) is 0 Å². The van der Waals surface area contributed by atoms with Gasteiger partial charge in [0.15, 0.2) is 11.6 Å². The monoisotopic (exact) mass is 462 g/mol. The van der Waals surface area contributed by atoms with Crippen molar-refractivity contribution < 1.29 is 22.6 Å². The first-order valence-corrected chi connectivity index (χ1v) is 12.2. The number of nitrogens with one attached hydrogen (secondary N) is 1. The summed E-state index contributed by atoms with van der Waals surface area (Å²) in [7, 11) is -1.25. The largest absolute Gasteiger partial charge is 0.355 e. The molecular formula is C24H28F2N2O3S. The van der Waals surface area contributed by atoms with Gasteiger partial charge in [-0.25, -0.2) is 8.78 Å². The summed E-state index contributed by atoms with van der Waals surface area (Å²) in [6, 6.07) is 13.4. The standard InChI is InChI=1S/C24H28F2N2O3S/c25-20-12-11-18(14-21(20)26)8-4-1-2-7-13-27-22(29)16-28-23(30)15-24(28)32(31)17-19-9-5-3-6-10-19/h3,5-6,9-12,14,24H,1-2,4,7-8,13,15-17H2,(H,27,29). The fourth-order valence-electron chi connectivity index (χ4n) is 3.63. The van der Waals surface area contributed by atoms with Crippen LogP contribution < -0.4 is 5.32 Å². The zero-order valence-corrected chi connectivity index (χ0v) is 18.7. The smallest absolute Gasteiger partial charge is 0.239 e. The summed E-state index contributed by atoms with van der Waals surface area (Å²) in [5, 5.41) is 2.40. The van der Waals surface area contributed by atoms with Crippen LogP contribution in [0.3, 0.4) is 0 Å². The number of β-lactam (4-membered cyclic amide) rings is 1. The van der Waals surface area contributed by atoms with Crippen molar-refractivity contribution in [3.05, 3.63) is 71.3 Å². The van der Waals surface area contributed by atoms with Crippen LogP contribution >= 0.6 is 0 Å². The highest BCUT2D eigenvalue weighted by atomic mass is 32.2. The third-order valence-electron chi connectivity index (χ3n) is 5.48. The van der Waals surface area contributed by atoms with Crippen LogP contribution in [-0.2, 0) is 32.6 Å². The molecule has 0 saturated carbocycles. The molecule has 1 saturated heterocycles. The van der Waals surface area contributed by atoms with Gasteiger partial charge in [0, 0.05) is 17.3 Å². The van der Waals surface area contributed by atoms with Gasteiger partial charge >= 0.3 is 0 Å². The number of carbonyl (C=O) groups is 2. The second-order valence-electron chi connectivity index (χ2n) is 7.95. The Hall–Kier alpha value is -2.61. The topological polar surface area (TPSA) is 66.5 Å². The summed E-state index contributed by atoms with van der Waals surface area (Å²) in [5.74, 6) is -1.69. The molecule has 0 radical (unpaired) electrons. The first kappa shape index (κ1) is 24.0. The number of aryl methyl sites for hydroxylation is 1. The second-order valence-corrected chi connectivity index (χ2v) is 9.55. The van der Waals surface area contributed by atoms with E-state index in [4.69, 9.17) is 0 Å². The normalized spacial score (nSPS) is 16.5. The van der Waals surface area contributed by atoms with E-state index in [9.17, 15) is 22.6 Å². The lowest BCUT2D eigenvalue weighted by atomic mass is 10.1. The van der Waals surface area contributed by atoms with Gasteiger partial charge < -0.3 is 10.2 Å². The molecule has 0 spiro atoms. The Morgan fingerprint density at radius 3 is 2.47 bits per heavy atom. The van der Waals surface area contributed by atoms with Gasteiger partial charge in [-0.05, 0) is 42.5 Å². The van der Waals surface area contributed by atoms with Crippen molar-refractivity contribution in [1.82, 2.24) is 10.2 Å². The number of hydrogen-bond acceptors (Lipinski definition) is 3. The van der Waals surface area contributed by atoms with Crippen LogP contribution in [0.15, 0.2) is 48.5 Å². The average molecular weight is 463 g/mol. The maximum absolute atomic E-state index is 13.2. The van der Waals surface area contributed by atoms with Crippen molar-refractivity contribution >= 4 is 22.6 Å². The first-order valence-electron chi connectivity index (χ1n) is 10.9. The van der Waals surface area contributed by atoms with Gasteiger partial charge in [-0.3, -0.25) is 13.8 Å². The predicted octanol–water partition coefficient (Wildman–Crippen LogP) is 3.69. The van der Waals surface area contributed by atoms with Crippen molar-refractivity contribution in [1.29, 1.82) is 0 Å². The lowest BCUT2D eigenvalue weighted by Crippen LogP contribution is -2.57. The maximum Gasteiger partial charge on any atom is 0.239 e. The summed E-state index contributed by atoms with van der Waals surface area (Å²) >= 11 is 0. The number of nitrogens with zero attached hydrogens (tertiary/aromatic N) is 1. The highest BCUT2D eigenvalue weighted by Gasteiger charge is 2.40. The van der Waals surface area contributed by atoms with E-state index < -0.39 is 27.8 Å². The van der Waals surface area contributed by atoms with Gasteiger partial charge in [0.05, 0.1) is 12.2 Å². The number of rotatable bonds is 12. The quantitative estimate of drug-likeness (QED) is 0.387. The molecule has 2 aromatic carbocycles. The molecule has 0 aliphatic carbocycles. The minimum Gasteiger partial charge on any atom is -0.355 e. The average Bonchev–Trinajstić information content (AvgIpc) is 2.78. The molecule has 32 heavy (non-hydrogen) atoms. The fourth-order valence-corrected chi connectivity index (χ4v) is 5.14. The Labute approximate surface area is 189 Å². The number of hydrogen-bond donors (Lipinski definition) is 1. The number of halogens is 2. The molecule has 2 aromatic rings.